The third-order valence-electron chi connectivity index (χ3n) is 7.23. The lowest BCUT2D eigenvalue weighted by Crippen LogP contribution is -3.13. The standard InChI is InChI=1S/C32H35NO3S/c1-23-21-28(37-3)13-16-29(23)31-14-7-24-22-27(34-2)12-15-30(24)32(31)36-26-10-8-25(9-11-26)35-20-19-33-17-5-4-6-18-33/h7-16,21-22H,4-6,17-20H2,1-3H3/p+1. The minimum Gasteiger partial charge on any atom is -0.497 e. The van der Waals surface area contributed by atoms with E-state index in [1.165, 1.54) is 48.4 Å². The van der Waals surface area contributed by atoms with Crippen LogP contribution in [0.15, 0.2) is 77.7 Å². The fraction of sp³-hybridized carbons (Fsp3) is 0.312. The first-order chi connectivity index (χ1) is 18.1. The highest BCUT2D eigenvalue weighted by Gasteiger charge is 2.16. The number of aryl methyl sites for hydroxylation is 1. The molecule has 0 amide bonds. The molecule has 0 bridgehead atoms. The second-order valence-corrected chi connectivity index (χ2v) is 10.6. The highest BCUT2D eigenvalue weighted by atomic mass is 32.2. The van der Waals surface area contributed by atoms with E-state index in [4.69, 9.17) is 14.2 Å². The zero-order valence-corrected chi connectivity index (χ0v) is 22.8. The van der Waals surface area contributed by atoms with E-state index in [0.29, 0.717) is 0 Å². The van der Waals surface area contributed by atoms with Crippen LogP contribution >= 0.6 is 11.8 Å². The molecule has 0 atom stereocenters. The van der Waals surface area contributed by atoms with E-state index < -0.39 is 0 Å². The zero-order chi connectivity index (χ0) is 25.6. The first kappa shape index (κ1) is 25.5. The van der Waals surface area contributed by atoms with Gasteiger partial charge in [0.25, 0.3) is 0 Å². The number of nitrogens with one attached hydrogen (secondary N) is 1. The van der Waals surface area contributed by atoms with Gasteiger partial charge in [0.1, 0.15) is 36.1 Å². The van der Waals surface area contributed by atoms with E-state index in [2.05, 4.69) is 55.6 Å². The first-order valence-electron chi connectivity index (χ1n) is 13.1. The molecule has 5 rings (SSSR count). The Hall–Kier alpha value is -3.15. The highest BCUT2D eigenvalue weighted by molar-refractivity contribution is 7.98. The number of thioether (sulfide) groups is 1. The van der Waals surface area contributed by atoms with Gasteiger partial charge in [-0.1, -0.05) is 12.1 Å². The lowest BCUT2D eigenvalue weighted by molar-refractivity contribution is -0.904. The van der Waals surface area contributed by atoms with Crippen LogP contribution in [0, 0.1) is 6.92 Å². The maximum absolute atomic E-state index is 6.61. The summed E-state index contributed by atoms with van der Waals surface area (Å²) in [5.41, 5.74) is 3.47. The number of ether oxygens (including phenoxy) is 3. The molecular weight excluding hydrogens is 478 g/mol. The molecule has 4 nitrogen and oxygen atoms in total. The predicted octanol–water partition coefficient (Wildman–Crippen LogP) is 6.79. The number of hydrogen-bond donors (Lipinski definition) is 1. The Morgan fingerprint density at radius 3 is 2.24 bits per heavy atom. The summed E-state index contributed by atoms with van der Waals surface area (Å²) in [5.74, 6) is 3.36. The van der Waals surface area contributed by atoms with Gasteiger partial charge in [0.15, 0.2) is 0 Å². The van der Waals surface area contributed by atoms with Crippen molar-refractivity contribution < 1.29 is 19.1 Å². The van der Waals surface area contributed by atoms with Crippen LogP contribution in [-0.4, -0.2) is 39.6 Å². The molecule has 0 unspecified atom stereocenters. The molecule has 1 aliphatic heterocycles. The summed E-state index contributed by atoms with van der Waals surface area (Å²) in [7, 11) is 1.70. The number of rotatable bonds is 9. The van der Waals surface area contributed by atoms with Crippen LogP contribution in [0.4, 0.5) is 0 Å². The molecule has 1 saturated heterocycles. The highest BCUT2D eigenvalue weighted by Crippen LogP contribution is 2.42. The molecule has 1 heterocycles. The monoisotopic (exact) mass is 514 g/mol. The Balaban J connectivity index is 1.41. The lowest BCUT2D eigenvalue weighted by Gasteiger charge is -2.23. The van der Waals surface area contributed by atoms with Crippen molar-refractivity contribution in [2.75, 3.05) is 39.6 Å². The van der Waals surface area contributed by atoms with E-state index in [-0.39, 0.29) is 0 Å². The Bertz CT molecular complexity index is 1350. The molecule has 0 aliphatic carbocycles. The zero-order valence-electron chi connectivity index (χ0n) is 22.0. The number of quaternary nitrogens is 1. The minimum absolute atomic E-state index is 0.746. The molecule has 0 spiro atoms. The first-order valence-corrected chi connectivity index (χ1v) is 14.4. The van der Waals surface area contributed by atoms with Crippen LogP contribution in [0.2, 0.25) is 0 Å². The van der Waals surface area contributed by atoms with Crippen molar-refractivity contribution in [3.8, 4) is 34.1 Å². The van der Waals surface area contributed by atoms with Crippen molar-refractivity contribution in [3.63, 3.8) is 0 Å². The van der Waals surface area contributed by atoms with Crippen LogP contribution in [0.25, 0.3) is 21.9 Å². The molecule has 1 aliphatic rings. The molecule has 5 heteroatoms. The van der Waals surface area contributed by atoms with E-state index in [1.807, 2.05) is 30.3 Å². The number of hydrogen-bond acceptors (Lipinski definition) is 4. The largest absolute Gasteiger partial charge is 0.497 e. The van der Waals surface area contributed by atoms with E-state index in [1.54, 1.807) is 23.8 Å². The minimum atomic E-state index is 0.746. The summed E-state index contributed by atoms with van der Waals surface area (Å²) in [5, 5.41) is 2.13. The molecule has 192 valence electrons. The average Bonchev–Trinajstić information content (AvgIpc) is 2.94. The summed E-state index contributed by atoms with van der Waals surface area (Å²) < 4.78 is 18.1. The fourth-order valence-electron chi connectivity index (χ4n) is 5.13. The number of piperidine rings is 1. The van der Waals surface area contributed by atoms with Gasteiger partial charge in [0, 0.05) is 15.8 Å². The SMILES string of the molecule is COc1ccc2c(Oc3ccc(OCC[NH+]4CCCCC4)cc3)c(-c3ccc(SC)cc3C)ccc2c1. The van der Waals surface area contributed by atoms with Gasteiger partial charge in [-0.3, -0.25) is 0 Å². The van der Waals surface area contributed by atoms with Crippen molar-refractivity contribution in [2.24, 2.45) is 0 Å². The summed E-state index contributed by atoms with van der Waals surface area (Å²) in [6.07, 6.45) is 6.16. The number of benzene rings is 4. The van der Waals surface area contributed by atoms with Crippen molar-refractivity contribution in [3.05, 3.63) is 78.4 Å². The smallest absolute Gasteiger partial charge is 0.143 e. The van der Waals surface area contributed by atoms with Gasteiger partial charge >= 0.3 is 0 Å². The molecular formula is C32H36NO3S+. The Morgan fingerprint density at radius 2 is 1.51 bits per heavy atom. The number of likely N-dealkylation sites (tertiary alicyclic amines) is 1. The maximum atomic E-state index is 6.61. The Kier molecular flexibility index (Phi) is 8.22. The van der Waals surface area contributed by atoms with Gasteiger partial charge in [0.05, 0.1) is 20.2 Å². The average molecular weight is 515 g/mol. The van der Waals surface area contributed by atoms with E-state index in [0.717, 1.165) is 52.5 Å². The maximum Gasteiger partial charge on any atom is 0.143 e. The van der Waals surface area contributed by atoms with Crippen LogP contribution in [0.3, 0.4) is 0 Å². The third-order valence-corrected chi connectivity index (χ3v) is 7.96. The second-order valence-electron chi connectivity index (χ2n) is 9.69. The fourth-order valence-corrected chi connectivity index (χ4v) is 5.63. The molecule has 4 aromatic carbocycles. The normalized spacial score (nSPS) is 14.0. The van der Waals surface area contributed by atoms with Crippen molar-refractivity contribution in [1.82, 2.24) is 0 Å². The summed E-state index contributed by atoms with van der Waals surface area (Å²) in [6.45, 7) is 6.52. The van der Waals surface area contributed by atoms with Crippen LogP contribution < -0.4 is 19.1 Å². The van der Waals surface area contributed by atoms with E-state index in [9.17, 15) is 0 Å². The molecule has 37 heavy (non-hydrogen) atoms. The second kappa shape index (κ2) is 11.9. The Labute approximate surface area is 224 Å². The summed E-state index contributed by atoms with van der Waals surface area (Å²) in [4.78, 5) is 2.92. The van der Waals surface area contributed by atoms with Gasteiger partial charge in [-0.25, -0.2) is 0 Å². The lowest BCUT2D eigenvalue weighted by atomic mass is 9.96. The van der Waals surface area contributed by atoms with Crippen molar-refractivity contribution in [2.45, 2.75) is 31.1 Å². The predicted molar refractivity (Wildman–Crippen MR) is 154 cm³/mol. The molecule has 0 radical (unpaired) electrons. The number of fused-ring (bicyclic) bond motifs is 1. The third kappa shape index (κ3) is 6.06. The van der Waals surface area contributed by atoms with Gasteiger partial charge in [-0.15, -0.1) is 11.8 Å². The van der Waals surface area contributed by atoms with Gasteiger partial charge < -0.3 is 19.1 Å². The summed E-state index contributed by atoms with van der Waals surface area (Å²) >= 11 is 1.76. The molecule has 1 fully saturated rings. The Morgan fingerprint density at radius 1 is 0.784 bits per heavy atom. The molecule has 0 saturated carbocycles. The van der Waals surface area contributed by atoms with Gasteiger partial charge in [-0.05, 0) is 110 Å². The van der Waals surface area contributed by atoms with Gasteiger partial charge in [-0.2, -0.15) is 0 Å². The molecule has 1 N–H and O–H groups in total. The van der Waals surface area contributed by atoms with E-state index >= 15 is 0 Å². The topological polar surface area (TPSA) is 32.1 Å². The van der Waals surface area contributed by atoms with Crippen molar-refractivity contribution in [1.29, 1.82) is 0 Å². The molecule has 0 aromatic heterocycles. The number of methoxy groups -OCH3 is 1. The van der Waals surface area contributed by atoms with Gasteiger partial charge in [0.2, 0.25) is 0 Å². The van der Waals surface area contributed by atoms with Crippen LogP contribution in [0.1, 0.15) is 24.8 Å². The van der Waals surface area contributed by atoms with Crippen LogP contribution in [0.5, 0.6) is 23.0 Å². The quantitative estimate of drug-likeness (QED) is 0.249. The van der Waals surface area contributed by atoms with Crippen LogP contribution in [-0.2, 0) is 0 Å². The molecule has 4 aromatic rings. The summed E-state index contributed by atoms with van der Waals surface area (Å²) in [6, 6.07) is 25.0. The van der Waals surface area contributed by atoms with Crippen molar-refractivity contribution >= 4 is 22.5 Å².